The van der Waals surface area contributed by atoms with E-state index in [0.29, 0.717) is 12.2 Å². The van der Waals surface area contributed by atoms with E-state index in [0.717, 1.165) is 12.3 Å². The first-order chi connectivity index (χ1) is 7.43. The molecule has 2 atom stereocenters. The van der Waals surface area contributed by atoms with Crippen LogP contribution in [0.3, 0.4) is 0 Å². The van der Waals surface area contributed by atoms with Gasteiger partial charge in [0.1, 0.15) is 11.9 Å². The number of aromatic nitrogens is 1. The van der Waals surface area contributed by atoms with Gasteiger partial charge in [-0.2, -0.15) is 13.2 Å². The van der Waals surface area contributed by atoms with Crippen LogP contribution in [0.5, 0.6) is 5.75 Å². The number of hydrogen-bond acceptors (Lipinski definition) is 3. The lowest BCUT2D eigenvalue weighted by Gasteiger charge is -2.10. The number of fused-ring (bicyclic) bond motifs is 1. The van der Waals surface area contributed by atoms with E-state index in [1.165, 1.54) is 0 Å². The van der Waals surface area contributed by atoms with Crippen molar-refractivity contribution in [2.45, 2.75) is 25.1 Å². The molecule has 2 heterocycles. The van der Waals surface area contributed by atoms with Gasteiger partial charge in [0, 0.05) is 12.7 Å². The first kappa shape index (κ1) is 11.2. The molecule has 0 spiro atoms. The topological polar surface area (TPSA) is 48.1 Å². The third-order valence-electron chi connectivity index (χ3n) is 2.69. The van der Waals surface area contributed by atoms with E-state index < -0.39 is 11.7 Å². The van der Waals surface area contributed by atoms with Crippen LogP contribution in [0, 0.1) is 0 Å². The van der Waals surface area contributed by atoms with E-state index in [4.69, 9.17) is 10.5 Å². The number of ether oxygens (including phenoxy) is 1. The van der Waals surface area contributed by atoms with Crippen LogP contribution in [0.1, 0.15) is 24.1 Å². The van der Waals surface area contributed by atoms with Crippen molar-refractivity contribution in [2.24, 2.45) is 5.73 Å². The zero-order valence-electron chi connectivity index (χ0n) is 8.58. The number of halogens is 3. The zero-order valence-corrected chi connectivity index (χ0v) is 8.58. The highest BCUT2D eigenvalue weighted by Gasteiger charge is 2.36. The van der Waals surface area contributed by atoms with Crippen molar-refractivity contribution < 1.29 is 17.9 Å². The third kappa shape index (κ3) is 1.73. The van der Waals surface area contributed by atoms with Crippen molar-refractivity contribution in [1.29, 1.82) is 0 Å². The lowest BCUT2D eigenvalue weighted by Crippen LogP contribution is -2.22. The van der Waals surface area contributed by atoms with Gasteiger partial charge in [0.2, 0.25) is 0 Å². The van der Waals surface area contributed by atoms with Crippen LogP contribution in [0.25, 0.3) is 0 Å². The number of pyridine rings is 1. The summed E-state index contributed by atoms with van der Waals surface area (Å²) in [6, 6.07) is 0.981. The fraction of sp³-hybridized carbons (Fsp3) is 0.500. The summed E-state index contributed by atoms with van der Waals surface area (Å²) in [4.78, 5) is 3.80. The monoisotopic (exact) mass is 232 g/mol. The lowest BCUT2D eigenvalue weighted by molar-refractivity contribution is -0.137. The molecule has 0 aromatic carbocycles. The molecule has 0 saturated heterocycles. The Balaban J connectivity index is 2.40. The molecule has 0 radical (unpaired) electrons. The van der Waals surface area contributed by atoms with Crippen LogP contribution in [0.15, 0.2) is 12.3 Å². The van der Waals surface area contributed by atoms with Crippen molar-refractivity contribution in [3.05, 3.63) is 23.5 Å². The molecule has 0 fully saturated rings. The molecule has 0 saturated carbocycles. The van der Waals surface area contributed by atoms with Gasteiger partial charge in [-0.25, -0.2) is 0 Å². The maximum atomic E-state index is 12.4. The molecule has 1 aliphatic heterocycles. The molecule has 0 unspecified atom stereocenters. The number of nitrogens with two attached hydrogens (primary N) is 1. The average Bonchev–Trinajstić information content (AvgIpc) is 2.50. The minimum atomic E-state index is -4.39. The van der Waals surface area contributed by atoms with E-state index in [9.17, 15) is 13.2 Å². The predicted molar refractivity (Wildman–Crippen MR) is 51.1 cm³/mol. The quantitative estimate of drug-likeness (QED) is 0.804. The Morgan fingerprint density at radius 2 is 2.19 bits per heavy atom. The average molecular weight is 232 g/mol. The molecule has 1 aromatic rings. The molecule has 1 aromatic heterocycles. The maximum Gasteiger partial charge on any atom is 0.418 e. The van der Waals surface area contributed by atoms with Crippen LogP contribution >= 0.6 is 0 Å². The van der Waals surface area contributed by atoms with Crippen molar-refractivity contribution in [3.63, 3.8) is 0 Å². The molecule has 88 valence electrons. The Kier molecular flexibility index (Phi) is 2.53. The summed E-state index contributed by atoms with van der Waals surface area (Å²) in [6.07, 6.45) is -3.80. The van der Waals surface area contributed by atoms with E-state index in [-0.39, 0.29) is 17.8 Å². The molecule has 6 heteroatoms. The van der Waals surface area contributed by atoms with Gasteiger partial charge in [-0.15, -0.1) is 0 Å². The van der Waals surface area contributed by atoms with Gasteiger partial charge >= 0.3 is 6.18 Å². The minimum absolute atomic E-state index is 0.128. The Morgan fingerprint density at radius 3 is 2.75 bits per heavy atom. The van der Waals surface area contributed by atoms with Gasteiger partial charge in [0.05, 0.1) is 17.2 Å². The molecule has 0 aliphatic carbocycles. The van der Waals surface area contributed by atoms with Crippen molar-refractivity contribution in [3.8, 4) is 5.75 Å². The maximum absolute atomic E-state index is 12.4. The molecule has 2 N–H and O–H groups in total. The Morgan fingerprint density at radius 1 is 1.50 bits per heavy atom. The second-order valence-corrected chi connectivity index (χ2v) is 3.77. The van der Waals surface area contributed by atoms with Gasteiger partial charge in [0.25, 0.3) is 0 Å². The highest BCUT2D eigenvalue weighted by Crippen LogP contribution is 2.39. The third-order valence-corrected chi connectivity index (χ3v) is 2.69. The summed E-state index contributed by atoms with van der Waals surface area (Å²) in [6.45, 7) is 2.08. The second-order valence-electron chi connectivity index (χ2n) is 3.77. The lowest BCUT2D eigenvalue weighted by atomic mass is 10.0. The second kappa shape index (κ2) is 3.62. The van der Waals surface area contributed by atoms with Gasteiger partial charge in [0.15, 0.2) is 0 Å². The number of hydrogen-bond donors (Lipinski definition) is 1. The highest BCUT2D eigenvalue weighted by atomic mass is 19.4. The van der Waals surface area contributed by atoms with E-state index >= 15 is 0 Å². The van der Waals surface area contributed by atoms with E-state index in [1.807, 2.05) is 0 Å². The van der Waals surface area contributed by atoms with Gasteiger partial charge < -0.3 is 10.5 Å². The smallest absolute Gasteiger partial charge is 0.418 e. The Labute approximate surface area is 90.4 Å². The molecule has 0 bridgehead atoms. The Hall–Kier alpha value is -1.30. The first-order valence-electron chi connectivity index (χ1n) is 4.87. The molecule has 0 amide bonds. The van der Waals surface area contributed by atoms with Gasteiger partial charge in [-0.1, -0.05) is 0 Å². The van der Waals surface area contributed by atoms with Crippen molar-refractivity contribution >= 4 is 0 Å². The normalized spacial score (nSPS) is 24.1. The van der Waals surface area contributed by atoms with Crippen LogP contribution < -0.4 is 10.5 Å². The molecule has 16 heavy (non-hydrogen) atoms. The summed E-state index contributed by atoms with van der Waals surface area (Å²) in [7, 11) is 0. The summed E-state index contributed by atoms with van der Waals surface area (Å²) in [5, 5.41) is 0. The minimum Gasteiger partial charge on any atom is -0.488 e. The van der Waals surface area contributed by atoms with Gasteiger partial charge in [-0.05, 0) is 13.0 Å². The molecular weight excluding hydrogens is 221 g/mol. The molecular formula is C10H11F3N2O. The Bertz CT molecular complexity index is 406. The van der Waals surface area contributed by atoms with Crippen molar-refractivity contribution in [1.82, 2.24) is 4.98 Å². The summed E-state index contributed by atoms with van der Waals surface area (Å²) in [5.74, 6) is 0.0649. The summed E-state index contributed by atoms with van der Waals surface area (Å²) in [5.41, 5.74) is 5.24. The fourth-order valence-electron chi connectivity index (χ4n) is 1.79. The predicted octanol–water partition coefficient (Wildman–Crippen LogP) is 1.92. The summed E-state index contributed by atoms with van der Waals surface area (Å²) < 4.78 is 42.5. The summed E-state index contributed by atoms with van der Waals surface area (Å²) >= 11 is 0. The number of rotatable bonds is 1. The number of nitrogens with zero attached hydrogens (tertiary/aromatic N) is 1. The van der Waals surface area contributed by atoms with Crippen LogP contribution in [-0.4, -0.2) is 17.6 Å². The van der Waals surface area contributed by atoms with E-state index in [1.54, 1.807) is 6.92 Å². The largest absolute Gasteiger partial charge is 0.488 e. The standard InChI is InChI=1S/C10H11F3N2O/c1-5-7(3-14)9-8(16-5)2-6(4-15-9)10(11,12)13/h2,4-5,7H,3,14H2,1H3/t5-,7-/m1/s1. The first-order valence-corrected chi connectivity index (χ1v) is 4.87. The molecule has 2 rings (SSSR count). The highest BCUT2D eigenvalue weighted by molar-refractivity contribution is 5.39. The van der Waals surface area contributed by atoms with E-state index in [2.05, 4.69) is 4.98 Å². The van der Waals surface area contributed by atoms with Crippen molar-refractivity contribution in [2.75, 3.05) is 6.54 Å². The van der Waals surface area contributed by atoms with Crippen LogP contribution in [0.2, 0.25) is 0 Å². The van der Waals surface area contributed by atoms with Crippen LogP contribution in [-0.2, 0) is 6.18 Å². The zero-order chi connectivity index (χ0) is 11.9. The fourth-order valence-corrected chi connectivity index (χ4v) is 1.79. The number of alkyl halides is 3. The SMILES string of the molecule is C[C@H]1Oc2cc(C(F)(F)F)cnc2[C@@H]1CN. The molecule has 1 aliphatic rings. The van der Waals surface area contributed by atoms with Gasteiger partial charge in [-0.3, -0.25) is 4.98 Å². The molecule has 3 nitrogen and oxygen atoms in total. The van der Waals surface area contributed by atoms with Crippen LogP contribution in [0.4, 0.5) is 13.2 Å².